The standard InChI is InChI=1S/C24H20Cl2N2O4/c1-15-4-3-5-18(12-15)24(30)32-20-9-6-17(7-10-20)14-27-28-23(29)16(2)31-22-11-8-19(25)13-21(22)26/h3-14,16H,1-2H3,(H,28,29)/b27-14+. The van der Waals surface area contributed by atoms with Crippen molar-refractivity contribution in [3.8, 4) is 11.5 Å². The van der Waals surface area contributed by atoms with E-state index in [1.165, 1.54) is 12.3 Å². The van der Waals surface area contributed by atoms with Gasteiger partial charge in [0.05, 0.1) is 16.8 Å². The van der Waals surface area contributed by atoms with Gasteiger partial charge in [0.15, 0.2) is 6.10 Å². The number of esters is 1. The Bertz CT molecular complexity index is 1150. The first-order valence-corrected chi connectivity index (χ1v) is 10.4. The molecule has 3 rings (SSSR count). The first kappa shape index (κ1) is 23.3. The molecular weight excluding hydrogens is 451 g/mol. The van der Waals surface area contributed by atoms with Gasteiger partial charge in [-0.15, -0.1) is 0 Å². The maximum Gasteiger partial charge on any atom is 0.343 e. The van der Waals surface area contributed by atoms with E-state index in [1.807, 2.05) is 13.0 Å². The minimum Gasteiger partial charge on any atom is -0.479 e. The molecule has 1 unspecified atom stereocenters. The van der Waals surface area contributed by atoms with Gasteiger partial charge in [-0.1, -0.05) is 40.9 Å². The van der Waals surface area contributed by atoms with Crippen LogP contribution in [-0.4, -0.2) is 24.2 Å². The maximum absolute atomic E-state index is 12.2. The fourth-order valence-corrected chi connectivity index (χ4v) is 3.09. The van der Waals surface area contributed by atoms with Gasteiger partial charge in [-0.05, 0) is 74.0 Å². The van der Waals surface area contributed by atoms with Crippen molar-refractivity contribution in [3.05, 3.63) is 93.5 Å². The van der Waals surface area contributed by atoms with Crippen LogP contribution in [0.5, 0.6) is 11.5 Å². The van der Waals surface area contributed by atoms with Gasteiger partial charge in [0.1, 0.15) is 11.5 Å². The Kier molecular flexibility index (Phi) is 7.87. The van der Waals surface area contributed by atoms with Gasteiger partial charge in [0, 0.05) is 5.02 Å². The van der Waals surface area contributed by atoms with Crippen molar-refractivity contribution >= 4 is 41.3 Å². The largest absolute Gasteiger partial charge is 0.479 e. The number of ether oxygens (including phenoxy) is 2. The Hall–Kier alpha value is -3.35. The molecule has 1 N–H and O–H groups in total. The number of benzene rings is 3. The second-order valence-corrected chi connectivity index (χ2v) is 7.74. The molecule has 0 aliphatic heterocycles. The highest BCUT2D eigenvalue weighted by atomic mass is 35.5. The molecule has 0 aromatic heterocycles. The molecule has 1 amide bonds. The van der Waals surface area contributed by atoms with Gasteiger partial charge in [-0.3, -0.25) is 4.79 Å². The molecule has 0 saturated heterocycles. The number of hydrogen-bond acceptors (Lipinski definition) is 5. The second-order valence-electron chi connectivity index (χ2n) is 6.90. The van der Waals surface area contributed by atoms with Gasteiger partial charge < -0.3 is 9.47 Å². The molecule has 8 heteroatoms. The van der Waals surface area contributed by atoms with Crippen molar-refractivity contribution in [2.75, 3.05) is 0 Å². The molecule has 0 bridgehead atoms. The summed E-state index contributed by atoms with van der Waals surface area (Å²) in [5.41, 5.74) is 4.57. The van der Waals surface area contributed by atoms with Crippen LogP contribution in [0.25, 0.3) is 0 Å². The van der Waals surface area contributed by atoms with Crippen LogP contribution in [0, 0.1) is 6.92 Å². The zero-order valence-electron chi connectivity index (χ0n) is 17.3. The van der Waals surface area contributed by atoms with Crippen molar-refractivity contribution in [2.24, 2.45) is 5.10 Å². The monoisotopic (exact) mass is 470 g/mol. The third-order valence-electron chi connectivity index (χ3n) is 4.30. The van der Waals surface area contributed by atoms with Gasteiger partial charge in [-0.2, -0.15) is 5.10 Å². The SMILES string of the molecule is Cc1cccc(C(=O)Oc2ccc(/C=N/NC(=O)C(C)Oc3ccc(Cl)cc3Cl)cc2)c1. The van der Waals surface area contributed by atoms with E-state index in [0.717, 1.165) is 5.56 Å². The Morgan fingerprint density at radius 3 is 2.47 bits per heavy atom. The average Bonchev–Trinajstić information content (AvgIpc) is 2.76. The maximum atomic E-state index is 12.2. The Balaban J connectivity index is 1.51. The number of carbonyl (C=O) groups excluding carboxylic acids is 2. The Morgan fingerprint density at radius 1 is 1.03 bits per heavy atom. The number of halogens is 2. The number of aryl methyl sites for hydroxylation is 1. The van der Waals surface area contributed by atoms with E-state index in [4.69, 9.17) is 32.7 Å². The molecule has 3 aromatic rings. The number of amides is 1. The fourth-order valence-electron chi connectivity index (χ4n) is 2.64. The van der Waals surface area contributed by atoms with Gasteiger partial charge in [0.2, 0.25) is 0 Å². The summed E-state index contributed by atoms with van der Waals surface area (Å²) in [4.78, 5) is 24.4. The van der Waals surface area contributed by atoms with Crippen molar-refractivity contribution in [2.45, 2.75) is 20.0 Å². The van der Waals surface area contributed by atoms with Gasteiger partial charge in [-0.25, -0.2) is 10.2 Å². The first-order chi connectivity index (χ1) is 15.3. The molecule has 0 aliphatic rings. The molecule has 3 aromatic carbocycles. The van der Waals surface area contributed by atoms with E-state index in [1.54, 1.807) is 61.5 Å². The zero-order valence-corrected chi connectivity index (χ0v) is 18.9. The van der Waals surface area contributed by atoms with Gasteiger partial charge in [0.25, 0.3) is 5.91 Å². The second kappa shape index (κ2) is 10.8. The zero-order chi connectivity index (χ0) is 23.1. The normalized spacial score (nSPS) is 11.8. The van der Waals surface area contributed by atoms with Gasteiger partial charge >= 0.3 is 5.97 Å². The lowest BCUT2D eigenvalue weighted by molar-refractivity contribution is -0.127. The smallest absolute Gasteiger partial charge is 0.343 e. The summed E-state index contributed by atoms with van der Waals surface area (Å²) in [6.45, 7) is 3.48. The number of nitrogens with zero attached hydrogens (tertiary/aromatic N) is 1. The average molecular weight is 471 g/mol. The minimum atomic E-state index is -0.825. The lowest BCUT2D eigenvalue weighted by atomic mass is 10.1. The summed E-state index contributed by atoms with van der Waals surface area (Å²) in [6.07, 6.45) is 0.640. The molecule has 164 valence electrons. The number of nitrogens with one attached hydrogen (secondary N) is 1. The van der Waals surface area contributed by atoms with Crippen molar-refractivity contribution in [1.29, 1.82) is 0 Å². The molecule has 0 aliphatic carbocycles. The number of hydrazone groups is 1. The molecule has 0 saturated carbocycles. The van der Waals surface area contributed by atoms with Crippen molar-refractivity contribution < 1.29 is 19.1 Å². The summed E-state index contributed by atoms with van der Waals surface area (Å²) in [5, 5.41) is 4.70. The lowest BCUT2D eigenvalue weighted by Crippen LogP contribution is -2.33. The number of carbonyl (C=O) groups is 2. The molecule has 32 heavy (non-hydrogen) atoms. The summed E-state index contributed by atoms with van der Waals surface area (Å²) >= 11 is 11.9. The molecular formula is C24H20Cl2N2O4. The molecule has 6 nitrogen and oxygen atoms in total. The summed E-state index contributed by atoms with van der Waals surface area (Å²) < 4.78 is 10.9. The lowest BCUT2D eigenvalue weighted by Gasteiger charge is -2.14. The third kappa shape index (κ3) is 6.57. The third-order valence-corrected chi connectivity index (χ3v) is 4.83. The highest BCUT2D eigenvalue weighted by Gasteiger charge is 2.15. The van der Waals surface area contributed by atoms with Crippen molar-refractivity contribution in [1.82, 2.24) is 5.43 Å². The van der Waals surface area contributed by atoms with E-state index < -0.39 is 18.0 Å². The van der Waals surface area contributed by atoms with E-state index >= 15 is 0 Å². The molecule has 0 radical (unpaired) electrons. The Labute approximate surface area is 195 Å². The van der Waals surface area contributed by atoms with Crippen LogP contribution in [0.2, 0.25) is 10.0 Å². The summed E-state index contributed by atoms with van der Waals surface area (Å²) in [6, 6.07) is 18.6. The van der Waals surface area contributed by atoms with Crippen LogP contribution in [0.15, 0.2) is 71.8 Å². The minimum absolute atomic E-state index is 0.309. The quantitative estimate of drug-likeness (QED) is 0.216. The molecule has 0 spiro atoms. The van der Waals surface area contributed by atoms with E-state index in [-0.39, 0.29) is 0 Å². The first-order valence-electron chi connectivity index (χ1n) is 9.65. The molecule has 0 fully saturated rings. The highest BCUT2D eigenvalue weighted by molar-refractivity contribution is 6.35. The van der Waals surface area contributed by atoms with Crippen molar-refractivity contribution in [3.63, 3.8) is 0 Å². The highest BCUT2D eigenvalue weighted by Crippen LogP contribution is 2.28. The fraction of sp³-hybridized carbons (Fsp3) is 0.125. The van der Waals surface area contributed by atoms with E-state index in [0.29, 0.717) is 32.7 Å². The Morgan fingerprint density at radius 2 is 1.78 bits per heavy atom. The predicted molar refractivity (Wildman–Crippen MR) is 125 cm³/mol. The van der Waals surface area contributed by atoms with E-state index in [9.17, 15) is 9.59 Å². The van der Waals surface area contributed by atoms with Crippen LogP contribution in [0.1, 0.15) is 28.4 Å². The summed E-state index contributed by atoms with van der Waals surface area (Å²) in [5.74, 6) is -0.133. The van der Waals surface area contributed by atoms with Crippen LogP contribution >= 0.6 is 23.2 Å². The van der Waals surface area contributed by atoms with Crippen LogP contribution in [0.3, 0.4) is 0 Å². The van der Waals surface area contributed by atoms with Crippen LogP contribution < -0.4 is 14.9 Å². The van der Waals surface area contributed by atoms with Crippen LogP contribution in [-0.2, 0) is 4.79 Å². The number of hydrogen-bond donors (Lipinski definition) is 1. The number of rotatable bonds is 7. The topological polar surface area (TPSA) is 77.0 Å². The molecule has 1 atom stereocenters. The van der Waals surface area contributed by atoms with Crippen LogP contribution in [0.4, 0.5) is 0 Å². The van der Waals surface area contributed by atoms with E-state index in [2.05, 4.69) is 10.5 Å². The summed E-state index contributed by atoms with van der Waals surface area (Å²) in [7, 11) is 0. The predicted octanol–water partition coefficient (Wildman–Crippen LogP) is 5.44. The molecule has 0 heterocycles.